The van der Waals surface area contributed by atoms with E-state index < -0.39 is 0 Å². The maximum absolute atomic E-state index is 12.4. The highest BCUT2D eigenvalue weighted by Gasteiger charge is 2.22. The average molecular weight is 475 g/mol. The molecule has 0 aromatic heterocycles. The van der Waals surface area contributed by atoms with E-state index in [0.29, 0.717) is 6.61 Å². The number of benzene rings is 1. The molecular weight excluding hydrogens is 420 g/mol. The second-order valence-corrected chi connectivity index (χ2v) is 11.2. The van der Waals surface area contributed by atoms with Crippen molar-refractivity contribution in [2.24, 2.45) is 0 Å². The number of phenols is 1. The van der Waals surface area contributed by atoms with Crippen molar-refractivity contribution in [3.05, 3.63) is 29.3 Å². The third-order valence-corrected chi connectivity index (χ3v) is 6.93. The molecule has 0 radical (unpaired) electrons. The lowest BCUT2D eigenvalue weighted by atomic mass is 9.85. The first-order valence-electron chi connectivity index (χ1n) is 14.3. The van der Waals surface area contributed by atoms with Gasteiger partial charge in [-0.15, -0.1) is 0 Å². The van der Waals surface area contributed by atoms with Gasteiger partial charge in [-0.05, 0) is 36.0 Å². The van der Waals surface area contributed by atoms with Crippen LogP contribution in [0.3, 0.4) is 0 Å². The van der Waals surface area contributed by atoms with Crippen molar-refractivity contribution in [1.29, 1.82) is 0 Å². The van der Waals surface area contributed by atoms with Gasteiger partial charge in [-0.2, -0.15) is 0 Å². The van der Waals surface area contributed by atoms with Gasteiger partial charge in [0.15, 0.2) is 0 Å². The van der Waals surface area contributed by atoms with Gasteiger partial charge in [0.25, 0.3) is 0 Å². The molecule has 0 heterocycles. The molecule has 34 heavy (non-hydrogen) atoms. The molecule has 0 aliphatic rings. The maximum Gasteiger partial charge on any atom is 0.313 e. The fourth-order valence-corrected chi connectivity index (χ4v) is 4.54. The summed E-state index contributed by atoms with van der Waals surface area (Å²) in [6, 6.07) is 5.56. The predicted molar refractivity (Wildman–Crippen MR) is 146 cm³/mol. The Hall–Kier alpha value is -1.51. The Bertz CT molecular complexity index is 659. The van der Waals surface area contributed by atoms with Crippen molar-refractivity contribution in [1.82, 2.24) is 0 Å². The number of carbonyl (C=O) groups excluding carboxylic acids is 1. The molecule has 1 aromatic rings. The van der Waals surface area contributed by atoms with E-state index in [1.165, 1.54) is 89.9 Å². The molecule has 1 unspecified atom stereocenters. The van der Waals surface area contributed by atoms with E-state index in [-0.39, 0.29) is 23.1 Å². The van der Waals surface area contributed by atoms with E-state index in [1.807, 2.05) is 19.1 Å². The van der Waals surface area contributed by atoms with Gasteiger partial charge in [-0.1, -0.05) is 136 Å². The molecule has 0 aliphatic heterocycles. The second kappa shape index (κ2) is 17.9. The van der Waals surface area contributed by atoms with Crippen LogP contribution in [-0.4, -0.2) is 17.7 Å². The van der Waals surface area contributed by atoms with Gasteiger partial charge in [0.2, 0.25) is 0 Å². The molecule has 1 rings (SSSR count). The van der Waals surface area contributed by atoms with Crippen molar-refractivity contribution in [3.63, 3.8) is 0 Å². The SMILES string of the molecule is CCCCCCCCCCCCCCCCCCOC(=O)C(C)c1ccc(C(C)(C)C)c(O)c1. The molecule has 196 valence electrons. The Labute approximate surface area is 211 Å². The van der Waals surface area contributed by atoms with Crippen molar-refractivity contribution < 1.29 is 14.6 Å². The van der Waals surface area contributed by atoms with E-state index in [4.69, 9.17) is 4.74 Å². The molecule has 0 bridgehead atoms. The highest BCUT2D eigenvalue weighted by molar-refractivity contribution is 5.78. The van der Waals surface area contributed by atoms with Crippen molar-refractivity contribution >= 4 is 5.97 Å². The quantitative estimate of drug-likeness (QED) is 0.160. The molecule has 1 N–H and O–H groups in total. The van der Waals surface area contributed by atoms with E-state index in [2.05, 4.69) is 27.7 Å². The molecule has 0 aliphatic carbocycles. The highest BCUT2D eigenvalue weighted by Crippen LogP contribution is 2.33. The highest BCUT2D eigenvalue weighted by atomic mass is 16.5. The first kappa shape index (κ1) is 30.5. The molecule has 3 nitrogen and oxygen atoms in total. The van der Waals surface area contributed by atoms with E-state index >= 15 is 0 Å². The average Bonchev–Trinajstić information content (AvgIpc) is 2.79. The lowest BCUT2D eigenvalue weighted by Gasteiger charge is -2.21. The van der Waals surface area contributed by atoms with Crippen molar-refractivity contribution in [2.45, 2.75) is 149 Å². The molecule has 0 amide bonds. The summed E-state index contributed by atoms with van der Waals surface area (Å²) in [7, 11) is 0. The number of rotatable bonds is 19. The summed E-state index contributed by atoms with van der Waals surface area (Å²) in [6.45, 7) is 10.8. The van der Waals surface area contributed by atoms with Crippen molar-refractivity contribution in [3.8, 4) is 5.75 Å². The minimum Gasteiger partial charge on any atom is -0.508 e. The molecule has 0 saturated carbocycles. The van der Waals surface area contributed by atoms with Gasteiger partial charge in [-0.3, -0.25) is 4.79 Å². The van der Waals surface area contributed by atoms with Gasteiger partial charge in [0.1, 0.15) is 5.75 Å². The Morgan fingerprint density at radius 2 is 1.24 bits per heavy atom. The number of esters is 1. The number of phenolic OH excluding ortho intramolecular Hbond substituents is 1. The fourth-order valence-electron chi connectivity index (χ4n) is 4.54. The lowest BCUT2D eigenvalue weighted by Crippen LogP contribution is -2.15. The van der Waals surface area contributed by atoms with Gasteiger partial charge in [-0.25, -0.2) is 0 Å². The zero-order chi connectivity index (χ0) is 25.2. The summed E-state index contributed by atoms with van der Waals surface area (Å²) in [5.41, 5.74) is 1.58. The van der Waals surface area contributed by atoms with Crippen LogP contribution in [0.2, 0.25) is 0 Å². The Balaban J connectivity index is 2.00. The molecular formula is C31H54O3. The maximum atomic E-state index is 12.4. The number of hydrogen-bond acceptors (Lipinski definition) is 3. The Morgan fingerprint density at radius 3 is 1.65 bits per heavy atom. The van der Waals surface area contributed by atoms with Crippen LogP contribution in [0.15, 0.2) is 18.2 Å². The fraction of sp³-hybridized carbons (Fsp3) is 0.774. The van der Waals surface area contributed by atoms with Gasteiger partial charge < -0.3 is 9.84 Å². The molecule has 3 heteroatoms. The minimum atomic E-state index is -0.360. The lowest BCUT2D eigenvalue weighted by molar-refractivity contribution is -0.145. The predicted octanol–water partition coefficient (Wildman–Crippen LogP) is 9.60. The monoisotopic (exact) mass is 474 g/mol. The zero-order valence-electron chi connectivity index (χ0n) is 23.1. The normalized spacial score (nSPS) is 12.6. The summed E-state index contributed by atoms with van der Waals surface area (Å²) >= 11 is 0. The van der Waals surface area contributed by atoms with Crippen LogP contribution < -0.4 is 0 Å². The van der Waals surface area contributed by atoms with Crippen LogP contribution in [0.1, 0.15) is 154 Å². The van der Waals surface area contributed by atoms with Crippen LogP contribution in [0.5, 0.6) is 5.75 Å². The summed E-state index contributed by atoms with van der Waals surface area (Å²) in [5.74, 6) is -0.313. The minimum absolute atomic E-state index is 0.125. The third-order valence-electron chi connectivity index (χ3n) is 6.93. The largest absolute Gasteiger partial charge is 0.508 e. The van der Waals surface area contributed by atoms with E-state index in [1.54, 1.807) is 6.07 Å². The van der Waals surface area contributed by atoms with Gasteiger partial charge in [0.05, 0.1) is 12.5 Å². The third kappa shape index (κ3) is 13.4. The number of unbranched alkanes of at least 4 members (excludes halogenated alkanes) is 15. The zero-order valence-corrected chi connectivity index (χ0v) is 23.1. The number of aromatic hydroxyl groups is 1. The van der Waals surface area contributed by atoms with E-state index in [0.717, 1.165) is 24.0 Å². The molecule has 1 aromatic carbocycles. The summed E-state index contributed by atoms with van der Waals surface area (Å²) in [5, 5.41) is 10.3. The van der Waals surface area contributed by atoms with E-state index in [9.17, 15) is 9.90 Å². The van der Waals surface area contributed by atoms with Gasteiger partial charge >= 0.3 is 5.97 Å². The second-order valence-electron chi connectivity index (χ2n) is 11.2. The molecule has 0 spiro atoms. The van der Waals surface area contributed by atoms with Crippen LogP contribution >= 0.6 is 0 Å². The van der Waals surface area contributed by atoms with Crippen LogP contribution in [0.4, 0.5) is 0 Å². The Kier molecular flexibility index (Phi) is 16.0. The number of hydrogen-bond donors (Lipinski definition) is 1. The summed E-state index contributed by atoms with van der Waals surface area (Å²) < 4.78 is 5.49. The topological polar surface area (TPSA) is 46.5 Å². The number of carbonyl (C=O) groups is 1. The standard InChI is InChI=1S/C31H54O3/c1-6-7-8-9-10-11-12-13-14-15-16-17-18-19-20-21-24-34-30(33)26(2)27-22-23-28(29(32)25-27)31(3,4)5/h22-23,25-26,32H,6-21,24H2,1-5H3. The van der Waals surface area contributed by atoms with Gasteiger partial charge in [0, 0.05) is 0 Å². The smallest absolute Gasteiger partial charge is 0.313 e. The first-order valence-corrected chi connectivity index (χ1v) is 14.3. The van der Waals surface area contributed by atoms with Crippen LogP contribution in [-0.2, 0) is 14.9 Å². The first-order chi connectivity index (χ1) is 16.3. The van der Waals surface area contributed by atoms with Crippen molar-refractivity contribution in [2.75, 3.05) is 6.61 Å². The Morgan fingerprint density at radius 1 is 0.794 bits per heavy atom. The van der Waals surface area contributed by atoms with Crippen LogP contribution in [0, 0.1) is 0 Å². The molecule has 0 fully saturated rings. The summed E-state index contributed by atoms with van der Waals surface area (Å²) in [6.07, 6.45) is 21.4. The summed E-state index contributed by atoms with van der Waals surface area (Å²) in [4.78, 5) is 12.4. The van der Waals surface area contributed by atoms with Crippen LogP contribution in [0.25, 0.3) is 0 Å². The molecule has 0 saturated heterocycles. The number of ether oxygens (including phenoxy) is 1. The molecule has 1 atom stereocenters.